The fraction of sp³-hybridized carbons (Fsp3) is 0. The van der Waals surface area contributed by atoms with Gasteiger partial charge in [0.15, 0.2) is 0 Å². The summed E-state index contributed by atoms with van der Waals surface area (Å²) in [6, 6.07) is 9.13. The molecule has 21 heavy (non-hydrogen) atoms. The smallest absolute Gasteiger partial charge is 0.272 e. The van der Waals surface area contributed by atoms with E-state index in [1.807, 2.05) is 18.2 Å². The van der Waals surface area contributed by atoms with Gasteiger partial charge in [-0.2, -0.15) is 5.10 Å². The van der Waals surface area contributed by atoms with Gasteiger partial charge in [-0.05, 0) is 24.3 Å². The van der Waals surface area contributed by atoms with Crippen molar-refractivity contribution in [2.24, 2.45) is 5.10 Å². The summed E-state index contributed by atoms with van der Waals surface area (Å²) in [7, 11) is 0. The number of pyridine rings is 1. The summed E-state index contributed by atoms with van der Waals surface area (Å²) in [6.07, 6.45) is 3.35. The molecule has 1 aliphatic heterocycles. The molecule has 4 N–H and O–H groups in total. The number of nitrogen functional groups attached to an aromatic ring is 1. The van der Waals surface area contributed by atoms with Gasteiger partial charge >= 0.3 is 0 Å². The van der Waals surface area contributed by atoms with Crippen LogP contribution < -0.4 is 11.2 Å². The molecule has 0 aliphatic carbocycles. The third-order valence-corrected chi connectivity index (χ3v) is 3.48. The predicted octanol–water partition coefficient (Wildman–Crippen LogP) is 1.89. The number of hydrogen-bond acceptors (Lipinski definition) is 4. The SMILES string of the molecule is Nc1cc2c3c(c(-c4ccccn4)[nH]c3c1)C=NNC2=O. The number of benzene rings is 1. The lowest BCUT2D eigenvalue weighted by molar-refractivity contribution is 0.0957. The van der Waals surface area contributed by atoms with E-state index in [1.54, 1.807) is 24.5 Å². The number of anilines is 1. The van der Waals surface area contributed by atoms with Gasteiger partial charge in [-0.1, -0.05) is 6.07 Å². The van der Waals surface area contributed by atoms with Crippen LogP contribution in [0.1, 0.15) is 15.9 Å². The van der Waals surface area contributed by atoms with Crippen molar-refractivity contribution in [3.63, 3.8) is 0 Å². The Kier molecular flexibility index (Phi) is 2.32. The van der Waals surface area contributed by atoms with Gasteiger partial charge in [-0.15, -0.1) is 0 Å². The van der Waals surface area contributed by atoms with E-state index in [1.165, 1.54) is 0 Å². The Morgan fingerprint density at radius 1 is 1.19 bits per heavy atom. The monoisotopic (exact) mass is 277 g/mol. The fourth-order valence-corrected chi connectivity index (χ4v) is 2.62. The average Bonchev–Trinajstić information content (AvgIpc) is 2.76. The van der Waals surface area contributed by atoms with Crippen molar-refractivity contribution in [3.05, 3.63) is 47.7 Å². The van der Waals surface area contributed by atoms with Gasteiger partial charge < -0.3 is 10.7 Å². The highest BCUT2D eigenvalue weighted by Gasteiger charge is 2.21. The second kappa shape index (κ2) is 4.17. The van der Waals surface area contributed by atoms with Gasteiger partial charge in [0.1, 0.15) is 0 Å². The highest BCUT2D eigenvalue weighted by atomic mass is 16.2. The number of hydrazone groups is 1. The lowest BCUT2D eigenvalue weighted by Gasteiger charge is -2.02. The Bertz CT molecular complexity index is 895. The third kappa shape index (κ3) is 1.69. The first-order valence-electron chi connectivity index (χ1n) is 6.44. The summed E-state index contributed by atoms with van der Waals surface area (Å²) < 4.78 is 0. The Morgan fingerprint density at radius 2 is 2.10 bits per heavy atom. The molecular formula is C15H11N5O. The Labute approximate surface area is 119 Å². The van der Waals surface area contributed by atoms with Crippen LogP contribution in [0.5, 0.6) is 0 Å². The van der Waals surface area contributed by atoms with E-state index in [9.17, 15) is 4.79 Å². The van der Waals surface area contributed by atoms with Gasteiger partial charge in [0.2, 0.25) is 0 Å². The van der Waals surface area contributed by atoms with Gasteiger partial charge in [0.05, 0.1) is 23.2 Å². The topological polar surface area (TPSA) is 96.2 Å². The lowest BCUT2D eigenvalue weighted by Crippen LogP contribution is -2.16. The number of carbonyl (C=O) groups is 1. The number of aromatic nitrogens is 2. The van der Waals surface area contributed by atoms with Gasteiger partial charge in [-0.25, -0.2) is 5.43 Å². The molecule has 102 valence electrons. The molecule has 0 saturated heterocycles. The summed E-state index contributed by atoms with van der Waals surface area (Å²) in [5.41, 5.74) is 12.6. The second-order valence-corrected chi connectivity index (χ2v) is 4.82. The second-order valence-electron chi connectivity index (χ2n) is 4.82. The molecular weight excluding hydrogens is 266 g/mol. The molecule has 0 fully saturated rings. The summed E-state index contributed by atoms with van der Waals surface area (Å²) >= 11 is 0. The van der Waals surface area contributed by atoms with Crippen molar-refractivity contribution in [2.75, 3.05) is 5.73 Å². The van der Waals surface area contributed by atoms with Crippen LogP contribution in [0.4, 0.5) is 5.69 Å². The largest absolute Gasteiger partial charge is 0.399 e. The standard InChI is InChI=1S/C15H11N5O/c16-8-5-9-13-10(7-18-20-15(9)21)14(19-12(13)6-8)11-3-1-2-4-17-11/h1-7,19H,16H2,(H,20,21). The minimum absolute atomic E-state index is 0.270. The van der Waals surface area contributed by atoms with E-state index in [2.05, 4.69) is 20.5 Å². The van der Waals surface area contributed by atoms with E-state index in [0.29, 0.717) is 11.3 Å². The first kappa shape index (κ1) is 11.7. The number of amides is 1. The molecule has 0 saturated carbocycles. The summed E-state index contributed by atoms with van der Waals surface area (Å²) in [6.45, 7) is 0. The minimum Gasteiger partial charge on any atom is -0.399 e. The van der Waals surface area contributed by atoms with Gasteiger partial charge in [-0.3, -0.25) is 9.78 Å². The van der Waals surface area contributed by atoms with E-state index < -0.39 is 0 Å². The van der Waals surface area contributed by atoms with Crippen LogP contribution in [0.2, 0.25) is 0 Å². The van der Waals surface area contributed by atoms with Crippen LogP contribution >= 0.6 is 0 Å². The van der Waals surface area contributed by atoms with Gasteiger partial charge in [0.25, 0.3) is 5.91 Å². The molecule has 1 amide bonds. The third-order valence-electron chi connectivity index (χ3n) is 3.48. The number of carbonyl (C=O) groups excluding carboxylic acids is 1. The molecule has 1 aliphatic rings. The molecule has 0 radical (unpaired) electrons. The normalized spacial score (nSPS) is 13.2. The Balaban J connectivity index is 2.13. The van der Waals surface area contributed by atoms with Crippen molar-refractivity contribution in [1.82, 2.24) is 15.4 Å². The molecule has 0 bridgehead atoms. The zero-order valence-corrected chi connectivity index (χ0v) is 10.9. The fourth-order valence-electron chi connectivity index (χ4n) is 2.62. The number of H-pyrrole nitrogens is 1. The number of hydrogen-bond donors (Lipinski definition) is 3. The molecule has 6 nitrogen and oxygen atoms in total. The van der Waals surface area contributed by atoms with Crippen LogP contribution in [0.25, 0.3) is 22.3 Å². The van der Waals surface area contributed by atoms with Crippen molar-refractivity contribution in [3.8, 4) is 11.4 Å². The molecule has 0 atom stereocenters. The summed E-state index contributed by atoms with van der Waals surface area (Å²) in [5.74, 6) is -0.270. The van der Waals surface area contributed by atoms with Crippen LogP contribution in [-0.4, -0.2) is 22.1 Å². The van der Waals surface area contributed by atoms with Crippen LogP contribution in [0.15, 0.2) is 41.6 Å². The number of nitrogens with zero attached hydrogens (tertiary/aromatic N) is 2. The molecule has 4 rings (SSSR count). The van der Waals surface area contributed by atoms with E-state index >= 15 is 0 Å². The van der Waals surface area contributed by atoms with Crippen LogP contribution in [0.3, 0.4) is 0 Å². The maximum absolute atomic E-state index is 12.1. The number of aromatic amines is 1. The predicted molar refractivity (Wildman–Crippen MR) is 81.0 cm³/mol. The minimum atomic E-state index is -0.270. The van der Waals surface area contributed by atoms with E-state index in [0.717, 1.165) is 27.9 Å². The number of nitrogens with two attached hydrogens (primary N) is 1. The van der Waals surface area contributed by atoms with E-state index in [4.69, 9.17) is 5.73 Å². The molecule has 2 aromatic heterocycles. The van der Waals surface area contributed by atoms with E-state index in [-0.39, 0.29) is 5.91 Å². The zero-order chi connectivity index (χ0) is 14.4. The molecule has 0 unspecified atom stereocenters. The quantitative estimate of drug-likeness (QED) is 0.592. The average molecular weight is 277 g/mol. The van der Waals surface area contributed by atoms with Crippen molar-refractivity contribution >= 4 is 28.7 Å². The molecule has 0 spiro atoms. The first-order valence-corrected chi connectivity index (χ1v) is 6.44. The lowest BCUT2D eigenvalue weighted by atomic mass is 10.0. The maximum Gasteiger partial charge on any atom is 0.272 e. The maximum atomic E-state index is 12.1. The van der Waals surface area contributed by atoms with Crippen molar-refractivity contribution in [1.29, 1.82) is 0 Å². The number of rotatable bonds is 1. The summed E-state index contributed by atoms with van der Waals surface area (Å²) in [4.78, 5) is 19.7. The van der Waals surface area contributed by atoms with Crippen molar-refractivity contribution in [2.45, 2.75) is 0 Å². The molecule has 3 heterocycles. The van der Waals surface area contributed by atoms with Crippen LogP contribution in [-0.2, 0) is 0 Å². The highest BCUT2D eigenvalue weighted by molar-refractivity contribution is 6.17. The highest BCUT2D eigenvalue weighted by Crippen LogP contribution is 2.32. The van der Waals surface area contributed by atoms with Crippen LogP contribution in [0, 0.1) is 0 Å². The zero-order valence-electron chi connectivity index (χ0n) is 10.9. The molecule has 6 heteroatoms. The molecule has 1 aromatic carbocycles. The Morgan fingerprint density at radius 3 is 2.90 bits per heavy atom. The Hall–Kier alpha value is -3.15. The first-order chi connectivity index (χ1) is 10.2. The molecule has 3 aromatic rings. The van der Waals surface area contributed by atoms with Gasteiger partial charge in [0, 0.05) is 28.4 Å². The van der Waals surface area contributed by atoms with Crippen molar-refractivity contribution < 1.29 is 4.79 Å². The summed E-state index contributed by atoms with van der Waals surface area (Å²) in [5, 5.41) is 4.78. The number of nitrogens with one attached hydrogen (secondary N) is 2.